The Bertz CT molecular complexity index is 1140. The highest BCUT2D eigenvalue weighted by atomic mass is 35.5. The van der Waals surface area contributed by atoms with Crippen molar-refractivity contribution in [3.63, 3.8) is 0 Å². The number of anilines is 1. The van der Waals surface area contributed by atoms with Gasteiger partial charge in [-0.1, -0.05) is 30.2 Å². The van der Waals surface area contributed by atoms with Gasteiger partial charge in [0.2, 0.25) is 10.0 Å². The molecule has 3 aromatic rings. The van der Waals surface area contributed by atoms with Crippen molar-refractivity contribution in [2.45, 2.75) is 24.2 Å². The summed E-state index contributed by atoms with van der Waals surface area (Å²) in [5.74, 6) is -0.339. The predicted octanol–water partition coefficient (Wildman–Crippen LogP) is 4.89. The molecule has 0 aliphatic carbocycles. The molecule has 6 nitrogen and oxygen atoms in total. The van der Waals surface area contributed by atoms with E-state index in [4.69, 9.17) is 11.6 Å². The molecule has 4 rings (SSSR count). The van der Waals surface area contributed by atoms with Crippen molar-refractivity contribution >= 4 is 44.0 Å². The van der Waals surface area contributed by atoms with Crippen LogP contribution in [-0.4, -0.2) is 36.7 Å². The molecule has 1 aliphatic heterocycles. The molecule has 1 amide bonds. The summed E-state index contributed by atoms with van der Waals surface area (Å²) in [5, 5.41) is 5.73. The second kappa shape index (κ2) is 8.85. The molecule has 1 aliphatic rings. The van der Waals surface area contributed by atoms with E-state index in [1.54, 1.807) is 12.1 Å². The van der Waals surface area contributed by atoms with Gasteiger partial charge in [0, 0.05) is 34.6 Å². The van der Waals surface area contributed by atoms with Gasteiger partial charge in [-0.15, -0.1) is 11.3 Å². The zero-order chi connectivity index (χ0) is 21.1. The minimum atomic E-state index is -3.51. The zero-order valence-corrected chi connectivity index (χ0v) is 18.4. The lowest BCUT2D eigenvalue weighted by Gasteiger charge is -2.25. The first-order valence-electron chi connectivity index (χ1n) is 9.56. The first-order valence-corrected chi connectivity index (χ1v) is 12.3. The van der Waals surface area contributed by atoms with E-state index in [2.05, 4.69) is 10.3 Å². The number of nitrogens with one attached hydrogen (secondary N) is 1. The molecular formula is C21H20ClN3O3S2. The largest absolute Gasteiger partial charge is 0.298 e. The van der Waals surface area contributed by atoms with E-state index >= 15 is 0 Å². The van der Waals surface area contributed by atoms with Crippen LogP contribution in [0.15, 0.2) is 58.8 Å². The maximum Gasteiger partial charge on any atom is 0.257 e. The van der Waals surface area contributed by atoms with Gasteiger partial charge in [-0.25, -0.2) is 13.4 Å². The molecule has 1 N–H and O–H groups in total. The molecule has 0 atom stereocenters. The van der Waals surface area contributed by atoms with Gasteiger partial charge in [0.1, 0.15) is 0 Å². The monoisotopic (exact) mass is 461 g/mol. The molecule has 156 valence electrons. The number of hydrogen-bond donors (Lipinski definition) is 1. The van der Waals surface area contributed by atoms with Crippen molar-refractivity contribution in [2.75, 3.05) is 18.4 Å². The number of rotatable bonds is 5. The second-order valence-corrected chi connectivity index (χ2v) is 10.2. The molecule has 0 unspecified atom stereocenters. The maximum atomic E-state index is 12.7. The smallest absolute Gasteiger partial charge is 0.257 e. The van der Waals surface area contributed by atoms with Gasteiger partial charge in [-0.2, -0.15) is 4.31 Å². The number of halogens is 1. The molecule has 2 aromatic carbocycles. The average Bonchev–Trinajstić information content (AvgIpc) is 3.23. The molecule has 9 heteroatoms. The highest BCUT2D eigenvalue weighted by molar-refractivity contribution is 7.89. The number of sulfonamides is 1. The van der Waals surface area contributed by atoms with Gasteiger partial charge in [0.15, 0.2) is 5.13 Å². The Balaban J connectivity index is 1.45. The Labute approximate surface area is 184 Å². The Morgan fingerprint density at radius 1 is 1.00 bits per heavy atom. The lowest BCUT2D eigenvalue weighted by Crippen LogP contribution is -2.35. The lowest BCUT2D eigenvalue weighted by molar-refractivity contribution is 0.102. The number of piperidine rings is 1. The summed E-state index contributed by atoms with van der Waals surface area (Å²) in [6, 6.07) is 13.3. The molecule has 0 spiro atoms. The number of hydrogen-bond acceptors (Lipinski definition) is 5. The van der Waals surface area contributed by atoms with Gasteiger partial charge < -0.3 is 0 Å². The van der Waals surface area contributed by atoms with E-state index < -0.39 is 10.0 Å². The van der Waals surface area contributed by atoms with Crippen molar-refractivity contribution < 1.29 is 13.2 Å². The van der Waals surface area contributed by atoms with Crippen LogP contribution in [0.5, 0.6) is 0 Å². The molecule has 30 heavy (non-hydrogen) atoms. The van der Waals surface area contributed by atoms with E-state index in [9.17, 15) is 13.2 Å². The Kier molecular flexibility index (Phi) is 6.19. The molecule has 2 heterocycles. The van der Waals surface area contributed by atoms with Crippen LogP contribution in [-0.2, 0) is 10.0 Å². The zero-order valence-electron chi connectivity index (χ0n) is 16.0. The molecule has 0 bridgehead atoms. The quantitative estimate of drug-likeness (QED) is 0.586. The number of aromatic nitrogens is 1. The summed E-state index contributed by atoms with van der Waals surface area (Å²) < 4.78 is 27.0. The van der Waals surface area contributed by atoms with Crippen LogP contribution >= 0.6 is 22.9 Å². The van der Waals surface area contributed by atoms with E-state index in [-0.39, 0.29) is 10.8 Å². The number of thiazole rings is 1. The number of benzene rings is 2. The standard InChI is InChI=1S/C21H20ClN3O3S2/c22-17-8-4-15(5-9-17)19-14-29-21(23-19)24-20(26)16-6-10-18(11-7-16)30(27,28)25-12-2-1-3-13-25/h4-11,14H,1-3,12-13H2,(H,23,24,26). The van der Waals surface area contributed by atoms with Crippen molar-refractivity contribution in [3.05, 3.63) is 64.5 Å². The fourth-order valence-electron chi connectivity index (χ4n) is 3.29. The molecule has 1 saturated heterocycles. The Morgan fingerprint density at radius 2 is 1.67 bits per heavy atom. The third-order valence-electron chi connectivity index (χ3n) is 4.93. The second-order valence-electron chi connectivity index (χ2n) is 6.99. The van der Waals surface area contributed by atoms with Crippen molar-refractivity contribution in [1.82, 2.24) is 9.29 Å². The molecule has 1 aromatic heterocycles. The molecule has 0 saturated carbocycles. The lowest BCUT2D eigenvalue weighted by atomic mass is 10.2. The number of carbonyl (C=O) groups is 1. The van der Waals surface area contributed by atoms with Gasteiger partial charge in [0.05, 0.1) is 10.6 Å². The topological polar surface area (TPSA) is 79.4 Å². The maximum absolute atomic E-state index is 12.7. The molecule has 0 radical (unpaired) electrons. The van der Waals surface area contributed by atoms with Crippen molar-refractivity contribution in [2.24, 2.45) is 0 Å². The summed E-state index contributed by atoms with van der Waals surface area (Å²) >= 11 is 7.23. The highest BCUT2D eigenvalue weighted by Crippen LogP contribution is 2.26. The first kappa shape index (κ1) is 21.0. The van der Waals surface area contributed by atoms with Crippen LogP contribution in [0, 0.1) is 0 Å². The van der Waals surface area contributed by atoms with E-state index in [1.807, 2.05) is 17.5 Å². The average molecular weight is 462 g/mol. The molecule has 1 fully saturated rings. The van der Waals surface area contributed by atoms with E-state index in [0.29, 0.717) is 28.8 Å². The Morgan fingerprint density at radius 3 is 2.33 bits per heavy atom. The number of amides is 1. The third kappa shape index (κ3) is 4.57. The molecular weight excluding hydrogens is 442 g/mol. The van der Waals surface area contributed by atoms with Crippen molar-refractivity contribution in [3.8, 4) is 11.3 Å². The summed E-state index contributed by atoms with van der Waals surface area (Å²) in [6.45, 7) is 1.09. The van der Waals surface area contributed by atoms with E-state index in [0.717, 1.165) is 30.5 Å². The van der Waals surface area contributed by atoms with Crippen LogP contribution in [0.1, 0.15) is 29.6 Å². The first-order chi connectivity index (χ1) is 14.4. The van der Waals surface area contributed by atoms with E-state index in [1.165, 1.54) is 39.9 Å². The van der Waals surface area contributed by atoms with Crippen LogP contribution in [0.3, 0.4) is 0 Å². The van der Waals surface area contributed by atoms with Crippen LogP contribution in [0.25, 0.3) is 11.3 Å². The Hall–Kier alpha value is -2.26. The van der Waals surface area contributed by atoms with Crippen LogP contribution in [0.2, 0.25) is 5.02 Å². The SMILES string of the molecule is O=C(Nc1nc(-c2ccc(Cl)cc2)cs1)c1ccc(S(=O)(=O)N2CCCCC2)cc1. The van der Waals surface area contributed by atoms with Gasteiger partial charge in [0.25, 0.3) is 5.91 Å². The number of nitrogens with zero attached hydrogens (tertiary/aromatic N) is 2. The van der Waals surface area contributed by atoms with Crippen LogP contribution in [0.4, 0.5) is 5.13 Å². The van der Waals surface area contributed by atoms with Gasteiger partial charge in [-0.3, -0.25) is 10.1 Å². The minimum absolute atomic E-state index is 0.209. The third-order valence-corrected chi connectivity index (χ3v) is 7.86. The van der Waals surface area contributed by atoms with Crippen LogP contribution < -0.4 is 5.32 Å². The predicted molar refractivity (Wildman–Crippen MR) is 120 cm³/mol. The summed E-state index contributed by atoms with van der Waals surface area (Å²) in [7, 11) is -3.51. The number of carbonyl (C=O) groups excluding carboxylic acids is 1. The normalized spacial score (nSPS) is 15.1. The van der Waals surface area contributed by atoms with Gasteiger partial charge in [-0.05, 0) is 49.2 Å². The summed E-state index contributed by atoms with van der Waals surface area (Å²) in [5.41, 5.74) is 2.02. The minimum Gasteiger partial charge on any atom is -0.298 e. The fourth-order valence-corrected chi connectivity index (χ4v) is 5.64. The fraction of sp³-hybridized carbons (Fsp3) is 0.238. The summed E-state index contributed by atoms with van der Waals surface area (Å²) in [4.78, 5) is 17.2. The summed E-state index contributed by atoms with van der Waals surface area (Å²) in [6.07, 6.45) is 2.82. The van der Waals surface area contributed by atoms with Crippen molar-refractivity contribution in [1.29, 1.82) is 0 Å². The highest BCUT2D eigenvalue weighted by Gasteiger charge is 2.26. The van der Waals surface area contributed by atoms with Gasteiger partial charge >= 0.3 is 0 Å².